The van der Waals surface area contributed by atoms with Crippen LogP contribution in [-0.2, 0) is 19.5 Å². The number of aryl methyl sites for hydroxylation is 1. The molecule has 0 aliphatic rings. The zero-order valence-electron chi connectivity index (χ0n) is 11.7. The van der Waals surface area contributed by atoms with Crippen LogP contribution in [0.2, 0.25) is 0 Å². The van der Waals surface area contributed by atoms with E-state index < -0.39 is 0 Å². The van der Waals surface area contributed by atoms with Crippen molar-refractivity contribution in [2.45, 2.75) is 26.4 Å². The number of hydrogen-bond acceptors (Lipinski definition) is 2. The molecule has 102 valence electrons. The van der Waals surface area contributed by atoms with Gasteiger partial charge in [0.1, 0.15) is 11.3 Å². The Labute approximate surface area is 119 Å². The van der Waals surface area contributed by atoms with Gasteiger partial charge in [-0.1, -0.05) is 49.4 Å². The van der Waals surface area contributed by atoms with Crippen LogP contribution in [0.15, 0.2) is 59.0 Å². The molecule has 0 unspecified atom stereocenters. The SMILES string of the molecule is CCc1ccccc1CNCc1cc2ccccc2o1. The summed E-state index contributed by atoms with van der Waals surface area (Å²) >= 11 is 0. The first-order chi connectivity index (χ1) is 9.86. The number of nitrogens with one attached hydrogen (secondary N) is 1. The van der Waals surface area contributed by atoms with Crippen LogP contribution in [-0.4, -0.2) is 0 Å². The van der Waals surface area contributed by atoms with Gasteiger partial charge >= 0.3 is 0 Å². The number of benzene rings is 2. The van der Waals surface area contributed by atoms with Crippen LogP contribution in [0.4, 0.5) is 0 Å². The maximum absolute atomic E-state index is 5.80. The minimum Gasteiger partial charge on any atom is -0.460 e. The highest BCUT2D eigenvalue weighted by Gasteiger charge is 2.03. The molecule has 0 aliphatic carbocycles. The van der Waals surface area contributed by atoms with E-state index in [1.165, 1.54) is 16.5 Å². The molecule has 0 spiro atoms. The molecule has 1 heterocycles. The van der Waals surface area contributed by atoms with Crippen LogP contribution in [0.5, 0.6) is 0 Å². The summed E-state index contributed by atoms with van der Waals surface area (Å²) in [6.07, 6.45) is 1.07. The Kier molecular flexibility index (Phi) is 3.84. The minimum absolute atomic E-state index is 0.757. The molecule has 0 amide bonds. The summed E-state index contributed by atoms with van der Waals surface area (Å²) in [6, 6.07) is 18.8. The van der Waals surface area contributed by atoms with Gasteiger partial charge in [-0.3, -0.25) is 0 Å². The van der Waals surface area contributed by atoms with E-state index in [2.05, 4.69) is 48.6 Å². The molecular formula is C18H19NO. The van der Waals surface area contributed by atoms with Gasteiger partial charge < -0.3 is 9.73 Å². The summed E-state index contributed by atoms with van der Waals surface area (Å²) in [5, 5.41) is 4.62. The molecule has 0 aliphatic heterocycles. The summed E-state index contributed by atoms with van der Waals surface area (Å²) < 4.78 is 5.80. The number of rotatable bonds is 5. The first-order valence-electron chi connectivity index (χ1n) is 7.12. The molecule has 0 bridgehead atoms. The van der Waals surface area contributed by atoms with Crippen LogP contribution in [0.25, 0.3) is 11.0 Å². The Morgan fingerprint density at radius 1 is 0.900 bits per heavy atom. The first kappa shape index (κ1) is 12.9. The monoisotopic (exact) mass is 265 g/mol. The standard InChI is InChI=1S/C18H19NO/c1-2-14-7-3-4-9-16(14)12-19-13-17-11-15-8-5-6-10-18(15)20-17/h3-11,19H,2,12-13H2,1H3. The lowest BCUT2D eigenvalue weighted by atomic mass is 10.1. The maximum atomic E-state index is 5.80. The summed E-state index contributed by atoms with van der Waals surface area (Å²) in [4.78, 5) is 0. The fraction of sp³-hybridized carbons (Fsp3) is 0.222. The number of hydrogen-bond donors (Lipinski definition) is 1. The number of fused-ring (bicyclic) bond motifs is 1. The smallest absolute Gasteiger partial charge is 0.134 e. The summed E-state index contributed by atoms with van der Waals surface area (Å²) in [6.45, 7) is 3.83. The third-order valence-electron chi connectivity index (χ3n) is 3.59. The van der Waals surface area contributed by atoms with E-state index in [4.69, 9.17) is 4.42 Å². The van der Waals surface area contributed by atoms with Crippen molar-refractivity contribution in [1.29, 1.82) is 0 Å². The van der Waals surface area contributed by atoms with E-state index in [1.807, 2.05) is 18.2 Å². The molecule has 2 aromatic carbocycles. The molecule has 3 aromatic rings. The first-order valence-corrected chi connectivity index (χ1v) is 7.12. The molecule has 0 saturated carbocycles. The Morgan fingerprint density at radius 3 is 2.45 bits per heavy atom. The van der Waals surface area contributed by atoms with Crippen LogP contribution in [0.3, 0.4) is 0 Å². The fourth-order valence-electron chi connectivity index (χ4n) is 2.52. The lowest BCUT2D eigenvalue weighted by Gasteiger charge is -2.08. The largest absolute Gasteiger partial charge is 0.460 e. The molecular weight excluding hydrogens is 246 g/mol. The van der Waals surface area contributed by atoms with Crippen molar-refractivity contribution in [2.75, 3.05) is 0 Å². The van der Waals surface area contributed by atoms with E-state index in [0.717, 1.165) is 30.9 Å². The lowest BCUT2D eigenvalue weighted by molar-refractivity contribution is 0.513. The van der Waals surface area contributed by atoms with Crippen LogP contribution >= 0.6 is 0 Å². The maximum Gasteiger partial charge on any atom is 0.134 e. The molecule has 1 N–H and O–H groups in total. The molecule has 0 saturated heterocycles. The van der Waals surface area contributed by atoms with Crippen molar-refractivity contribution >= 4 is 11.0 Å². The van der Waals surface area contributed by atoms with Gasteiger partial charge in [0.15, 0.2) is 0 Å². The lowest BCUT2D eigenvalue weighted by Crippen LogP contribution is -2.13. The fourth-order valence-corrected chi connectivity index (χ4v) is 2.52. The van der Waals surface area contributed by atoms with E-state index >= 15 is 0 Å². The second kappa shape index (κ2) is 5.93. The number of furan rings is 1. The summed E-state index contributed by atoms with van der Waals surface area (Å²) in [5.41, 5.74) is 3.73. The van der Waals surface area contributed by atoms with Gasteiger partial charge in [-0.15, -0.1) is 0 Å². The van der Waals surface area contributed by atoms with E-state index in [0.29, 0.717) is 0 Å². The molecule has 1 aromatic heterocycles. The predicted molar refractivity (Wildman–Crippen MR) is 82.6 cm³/mol. The predicted octanol–water partition coefficient (Wildman–Crippen LogP) is 4.29. The van der Waals surface area contributed by atoms with E-state index in [1.54, 1.807) is 0 Å². The van der Waals surface area contributed by atoms with Gasteiger partial charge in [0.25, 0.3) is 0 Å². The van der Waals surface area contributed by atoms with Gasteiger partial charge in [0, 0.05) is 11.9 Å². The third kappa shape index (κ3) is 2.75. The molecule has 2 nitrogen and oxygen atoms in total. The Balaban J connectivity index is 1.65. The average Bonchev–Trinajstić information content (AvgIpc) is 2.90. The van der Waals surface area contributed by atoms with Crippen molar-refractivity contribution in [3.05, 3.63) is 71.5 Å². The van der Waals surface area contributed by atoms with Gasteiger partial charge in [-0.05, 0) is 29.7 Å². The number of para-hydroxylation sites is 1. The Bertz CT molecular complexity index is 666. The summed E-state index contributed by atoms with van der Waals surface area (Å²) in [5.74, 6) is 0.986. The van der Waals surface area contributed by atoms with Gasteiger partial charge in [-0.2, -0.15) is 0 Å². The second-order valence-corrected chi connectivity index (χ2v) is 4.98. The minimum atomic E-state index is 0.757. The Morgan fingerprint density at radius 2 is 1.65 bits per heavy atom. The highest BCUT2D eigenvalue weighted by atomic mass is 16.3. The zero-order valence-corrected chi connectivity index (χ0v) is 11.7. The van der Waals surface area contributed by atoms with Crippen molar-refractivity contribution in [2.24, 2.45) is 0 Å². The van der Waals surface area contributed by atoms with Crippen molar-refractivity contribution in [3.8, 4) is 0 Å². The second-order valence-electron chi connectivity index (χ2n) is 4.98. The molecule has 3 rings (SSSR count). The van der Waals surface area contributed by atoms with Crippen molar-refractivity contribution < 1.29 is 4.42 Å². The van der Waals surface area contributed by atoms with E-state index in [9.17, 15) is 0 Å². The highest BCUT2D eigenvalue weighted by Crippen LogP contribution is 2.18. The summed E-state index contributed by atoms with van der Waals surface area (Å²) in [7, 11) is 0. The Hall–Kier alpha value is -2.06. The highest BCUT2D eigenvalue weighted by molar-refractivity contribution is 5.77. The third-order valence-corrected chi connectivity index (χ3v) is 3.59. The van der Waals surface area contributed by atoms with Gasteiger partial charge in [0.2, 0.25) is 0 Å². The quantitative estimate of drug-likeness (QED) is 0.744. The molecule has 20 heavy (non-hydrogen) atoms. The topological polar surface area (TPSA) is 25.2 Å². The normalized spacial score (nSPS) is 11.1. The molecule has 2 heteroatoms. The van der Waals surface area contributed by atoms with Crippen LogP contribution < -0.4 is 5.32 Å². The van der Waals surface area contributed by atoms with Crippen molar-refractivity contribution in [3.63, 3.8) is 0 Å². The van der Waals surface area contributed by atoms with Gasteiger partial charge in [-0.25, -0.2) is 0 Å². The molecule has 0 atom stereocenters. The van der Waals surface area contributed by atoms with Crippen molar-refractivity contribution in [1.82, 2.24) is 5.32 Å². The van der Waals surface area contributed by atoms with Crippen LogP contribution in [0, 0.1) is 0 Å². The van der Waals surface area contributed by atoms with Gasteiger partial charge in [0.05, 0.1) is 6.54 Å². The van der Waals surface area contributed by atoms with Crippen LogP contribution in [0.1, 0.15) is 23.8 Å². The molecule has 0 radical (unpaired) electrons. The average molecular weight is 265 g/mol. The van der Waals surface area contributed by atoms with E-state index in [-0.39, 0.29) is 0 Å². The molecule has 0 fully saturated rings. The zero-order chi connectivity index (χ0) is 13.8.